The van der Waals surface area contributed by atoms with Crippen LogP contribution in [-0.2, 0) is 14.8 Å². The van der Waals surface area contributed by atoms with Crippen LogP contribution in [-0.4, -0.2) is 26.2 Å². The van der Waals surface area contributed by atoms with Crippen molar-refractivity contribution in [3.63, 3.8) is 0 Å². The number of amidine groups is 1. The number of sulfonamides is 1. The molecule has 1 unspecified atom stereocenters. The van der Waals surface area contributed by atoms with E-state index in [1.807, 2.05) is 60.7 Å². The van der Waals surface area contributed by atoms with Gasteiger partial charge >= 0.3 is 0 Å². The summed E-state index contributed by atoms with van der Waals surface area (Å²) in [7, 11) is -3.68. The van der Waals surface area contributed by atoms with Gasteiger partial charge in [-0.2, -0.15) is 0 Å². The Kier molecular flexibility index (Phi) is 5.22. The third-order valence-corrected chi connectivity index (χ3v) is 6.91. The van der Waals surface area contributed by atoms with Crippen molar-refractivity contribution in [1.82, 2.24) is 10.0 Å². The molecule has 2 N–H and O–H groups in total. The number of para-hydroxylation sites is 1. The van der Waals surface area contributed by atoms with Gasteiger partial charge in [0.25, 0.3) is 10.0 Å². The molecule has 5 rings (SSSR count). The molecule has 0 bridgehead atoms. The first-order valence-corrected chi connectivity index (χ1v) is 11.9. The van der Waals surface area contributed by atoms with Gasteiger partial charge in [0.05, 0.1) is 4.90 Å². The number of amides is 1. The number of hydrogen-bond acceptors (Lipinski definition) is 5. The maximum absolute atomic E-state index is 13.1. The molecule has 0 saturated heterocycles. The number of nitrogens with zero attached hydrogens (tertiary/aromatic N) is 1. The van der Waals surface area contributed by atoms with Crippen LogP contribution >= 0.6 is 0 Å². The number of carbonyl (C=O) groups excluding carboxylic acids is 1. The quantitative estimate of drug-likeness (QED) is 0.474. The van der Waals surface area contributed by atoms with Gasteiger partial charge in [0, 0.05) is 10.9 Å². The van der Waals surface area contributed by atoms with Gasteiger partial charge in [-0.25, -0.2) is 8.42 Å². The van der Waals surface area contributed by atoms with Crippen LogP contribution in [0, 0.1) is 0 Å². The molecule has 0 saturated carbocycles. The van der Waals surface area contributed by atoms with Crippen LogP contribution in [0.4, 0.5) is 0 Å². The van der Waals surface area contributed by atoms with Crippen LogP contribution in [0.3, 0.4) is 0 Å². The van der Waals surface area contributed by atoms with Crippen molar-refractivity contribution in [3.8, 4) is 0 Å². The molecule has 0 radical (unpaired) electrons. The minimum Gasteiger partial charge on any atom is -0.459 e. The fourth-order valence-corrected chi connectivity index (χ4v) is 5.09. The Morgan fingerprint density at radius 2 is 1.67 bits per heavy atom. The summed E-state index contributed by atoms with van der Waals surface area (Å²) in [4.78, 5) is 17.7. The molecule has 1 aromatic heterocycles. The first kappa shape index (κ1) is 21.0. The molecule has 33 heavy (non-hydrogen) atoms. The standard InChI is InChI=1S/C25H21N3O4S/c1-16(26-24-19-12-6-8-14-22(19)33(30,31)28-24)25(29)27-23(17-9-3-2-4-10-17)21-15-18-11-5-7-13-20(18)32-21/h2-16,23H,1H3,(H,26,28)(H,27,29)/t16-,23?/m0/s1. The minimum atomic E-state index is -3.68. The van der Waals surface area contributed by atoms with Crippen LogP contribution < -0.4 is 10.0 Å². The van der Waals surface area contributed by atoms with Crippen LogP contribution in [0.1, 0.15) is 29.9 Å². The average molecular weight is 460 g/mol. The van der Waals surface area contributed by atoms with Crippen LogP contribution in [0.2, 0.25) is 0 Å². The predicted octanol–water partition coefficient (Wildman–Crippen LogP) is 3.77. The van der Waals surface area contributed by atoms with E-state index in [9.17, 15) is 13.2 Å². The zero-order valence-electron chi connectivity index (χ0n) is 17.7. The van der Waals surface area contributed by atoms with Gasteiger partial charge in [0.15, 0.2) is 0 Å². The topological polar surface area (TPSA) is 101 Å². The summed E-state index contributed by atoms with van der Waals surface area (Å²) in [6.45, 7) is 1.62. The maximum atomic E-state index is 13.1. The summed E-state index contributed by atoms with van der Waals surface area (Å²) in [6, 6.07) is 24.3. The number of furan rings is 1. The SMILES string of the molecule is C[C@H](N=C1NS(=O)(=O)c2ccccc21)C(=O)NC(c1ccccc1)c1cc2ccccc2o1. The maximum Gasteiger partial charge on any atom is 0.263 e. The van der Waals surface area contributed by atoms with Gasteiger partial charge in [-0.1, -0.05) is 60.7 Å². The highest BCUT2D eigenvalue weighted by Crippen LogP contribution is 2.29. The van der Waals surface area contributed by atoms with E-state index in [-0.39, 0.29) is 16.6 Å². The average Bonchev–Trinajstić information content (AvgIpc) is 3.36. The highest BCUT2D eigenvalue weighted by atomic mass is 32.2. The molecule has 1 aliphatic rings. The highest BCUT2D eigenvalue weighted by Gasteiger charge is 2.31. The highest BCUT2D eigenvalue weighted by molar-refractivity contribution is 7.90. The molecular formula is C25H21N3O4S. The van der Waals surface area contributed by atoms with Gasteiger partial charge in [-0.15, -0.1) is 0 Å². The lowest BCUT2D eigenvalue weighted by Gasteiger charge is -2.19. The molecule has 2 heterocycles. The second kappa shape index (κ2) is 8.22. The Labute approximate surface area is 191 Å². The summed E-state index contributed by atoms with van der Waals surface area (Å²) in [5.74, 6) is 0.399. The van der Waals surface area contributed by atoms with E-state index in [1.54, 1.807) is 25.1 Å². The number of hydrogen-bond donors (Lipinski definition) is 2. The van der Waals surface area contributed by atoms with Crippen molar-refractivity contribution in [3.05, 3.63) is 102 Å². The third kappa shape index (κ3) is 4.01. The van der Waals surface area contributed by atoms with E-state index in [0.717, 1.165) is 16.5 Å². The van der Waals surface area contributed by atoms with E-state index in [1.165, 1.54) is 6.07 Å². The lowest BCUT2D eigenvalue weighted by atomic mass is 10.0. The van der Waals surface area contributed by atoms with Gasteiger partial charge in [-0.3, -0.25) is 14.5 Å². The number of aliphatic imine (C=N–C) groups is 1. The number of benzene rings is 3. The molecule has 4 aromatic rings. The molecular weight excluding hydrogens is 438 g/mol. The monoisotopic (exact) mass is 459 g/mol. The zero-order chi connectivity index (χ0) is 23.0. The fraction of sp³-hybridized carbons (Fsp3) is 0.120. The predicted molar refractivity (Wildman–Crippen MR) is 125 cm³/mol. The van der Waals surface area contributed by atoms with Crippen molar-refractivity contribution in [2.24, 2.45) is 4.99 Å². The number of nitrogens with one attached hydrogen (secondary N) is 2. The summed E-state index contributed by atoms with van der Waals surface area (Å²) in [5.41, 5.74) is 2.04. The molecule has 1 aliphatic heterocycles. The van der Waals surface area contributed by atoms with Crippen molar-refractivity contribution in [1.29, 1.82) is 0 Å². The second-order valence-electron chi connectivity index (χ2n) is 7.79. The van der Waals surface area contributed by atoms with Gasteiger partial charge in [0.1, 0.15) is 29.3 Å². The normalized spacial score (nSPS) is 17.3. The Bertz CT molecular complexity index is 1440. The van der Waals surface area contributed by atoms with E-state index in [0.29, 0.717) is 11.3 Å². The number of fused-ring (bicyclic) bond motifs is 2. The van der Waals surface area contributed by atoms with Crippen molar-refractivity contribution >= 4 is 32.7 Å². The number of rotatable bonds is 5. The first-order valence-electron chi connectivity index (χ1n) is 10.5. The summed E-state index contributed by atoms with van der Waals surface area (Å²) >= 11 is 0. The van der Waals surface area contributed by atoms with E-state index >= 15 is 0 Å². The smallest absolute Gasteiger partial charge is 0.263 e. The lowest BCUT2D eigenvalue weighted by molar-refractivity contribution is -0.122. The molecule has 166 valence electrons. The molecule has 0 spiro atoms. The van der Waals surface area contributed by atoms with Gasteiger partial charge in [-0.05, 0) is 36.8 Å². The molecule has 1 amide bonds. The Hall–Kier alpha value is -3.91. The summed E-state index contributed by atoms with van der Waals surface area (Å²) in [5, 5.41) is 3.95. The molecule has 3 aromatic carbocycles. The van der Waals surface area contributed by atoms with E-state index in [4.69, 9.17) is 4.42 Å². The van der Waals surface area contributed by atoms with Crippen LogP contribution in [0.25, 0.3) is 11.0 Å². The molecule has 0 fully saturated rings. The molecule has 8 heteroatoms. The Morgan fingerprint density at radius 3 is 2.45 bits per heavy atom. The van der Waals surface area contributed by atoms with Crippen LogP contribution in [0.15, 0.2) is 99.2 Å². The van der Waals surface area contributed by atoms with Crippen molar-refractivity contribution in [2.75, 3.05) is 0 Å². The minimum absolute atomic E-state index is 0.154. The van der Waals surface area contributed by atoms with E-state index < -0.39 is 22.1 Å². The largest absolute Gasteiger partial charge is 0.459 e. The Balaban J connectivity index is 1.45. The third-order valence-electron chi connectivity index (χ3n) is 5.51. The summed E-state index contributed by atoms with van der Waals surface area (Å²) in [6.07, 6.45) is 0. The van der Waals surface area contributed by atoms with Gasteiger partial charge < -0.3 is 9.73 Å². The second-order valence-corrected chi connectivity index (χ2v) is 9.45. The molecule has 2 atom stereocenters. The first-order chi connectivity index (χ1) is 15.9. The molecule has 0 aliphatic carbocycles. The summed E-state index contributed by atoms with van der Waals surface area (Å²) < 4.78 is 33.2. The van der Waals surface area contributed by atoms with E-state index in [2.05, 4.69) is 15.0 Å². The Morgan fingerprint density at radius 1 is 0.970 bits per heavy atom. The lowest BCUT2D eigenvalue weighted by Crippen LogP contribution is -2.36. The fourth-order valence-electron chi connectivity index (χ4n) is 3.85. The zero-order valence-corrected chi connectivity index (χ0v) is 18.5. The van der Waals surface area contributed by atoms with Gasteiger partial charge in [0.2, 0.25) is 5.91 Å². The molecule has 7 nitrogen and oxygen atoms in total. The van der Waals surface area contributed by atoms with Crippen molar-refractivity contribution < 1.29 is 17.6 Å². The van der Waals surface area contributed by atoms with Crippen molar-refractivity contribution in [2.45, 2.75) is 23.9 Å². The number of carbonyl (C=O) groups is 1. The van der Waals surface area contributed by atoms with Crippen LogP contribution in [0.5, 0.6) is 0 Å².